The van der Waals surface area contributed by atoms with Crippen molar-refractivity contribution in [3.05, 3.63) is 42.5 Å². The van der Waals surface area contributed by atoms with Gasteiger partial charge in [0.1, 0.15) is 24.8 Å². The molecule has 0 saturated heterocycles. The maximum atomic E-state index is 12.5. The van der Waals surface area contributed by atoms with Gasteiger partial charge < -0.3 is 19.8 Å². The Morgan fingerprint density at radius 2 is 2.00 bits per heavy atom. The van der Waals surface area contributed by atoms with E-state index in [0.717, 1.165) is 12.0 Å². The molecule has 0 bridgehead atoms. The fraction of sp³-hybridized carbons (Fsp3) is 0.389. The van der Waals surface area contributed by atoms with E-state index in [-0.39, 0.29) is 13.4 Å². The molecule has 7 nitrogen and oxygen atoms in total. The number of rotatable bonds is 12. The lowest BCUT2D eigenvalue weighted by Crippen LogP contribution is -2.46. The van der Waals surface area contributed by atoms with Crippen LogP contribution in [0, 0.1) is 11.3 Å². The highest BCUT2D eigenvalue weighted by Gasteiger charge is 2.29. The van der Waals surface area contributed by atoms with Crippen molar-refractivity contribution in [3.63, 3.8) is 0 Å². The van der Waals surface area contributed by atoms with E-state index in [4.69, 9.17) is 14.8 Å². The minimum atomic E-state index is -1.08. The van der Waals surface area contributed by atoms with E-state index in [2.05, 4.69) is 11.9 Å². The minimum absolute atomic E-state index is 0.00547. The second-order valence-electron chi connectivity index (χ2n) is 6.16. The third-order valence-corrected chi connectivity index (χ3v) is 3.76. The van der Waals surface area contributed by atoms with Crippen molar-refractivity contribution in [2.75, 3.05) is 6.61 Å². The first kappa shape index (κ1) is 21.3. The van der Waals surface area contributed by atoms with Crippen LogP contribution in [0.15, 0.2) is 36.9 Å². The van der Waals surface area contributed by atoms with Gasteiger partial charge in [-0.1, -0.05) is 38.6 Å². The quantitative estimate of drug-likeness (QED) is 0.228. The highest BCUT2D eigenvalue weighted by Crippen LogP contribution is 2.18. The maximum absolute atomic E-state index is 12.5. The Hall–Kier alpha value is -2.77. The summed E-state index contributed by atoms with van der Waals surface area (Å²) >= 11 is 0. The summed E-state index contributed by atoms with van der Waals surface area (Å²) < 4.78 is 10.4. The summed E-state index contributed by atoms with van der Waals surface area (Å²) in [5.41, 5.74) is 0.876. The summed E-state index contributed by atoms with van der Waals surface area (Å²) in [7, 11) is -0.00547. The van der Waals surface area contributed by atoms with Crippen molar-refractivity contribution in [1.29, 1.82) is 5.41 Å². The van der Waals surface area contributed by atoms with E-state index in [1.807, 2.05) is 12.1 Å². The SMILES string of the molecule is C=CCOc1ccc(C[C@H](BOC=N)C(=O)N[C@H](C(=O)O)C(C)C)cc1. The maximum Gasteiger partial charge on any atom is 0.354 e. The van der Waals surface area contributed by atoms with Crippen LogP contribution in [0.3, 0.4) is 0 Å². The van der Waals surface area contributed by atoms with Crippen LogP contribution in [0.4, 0.5) is 0 Å². The van der Waals surface area contributed by atoms with Gasteiger partial charge in [-0.3, -0.25) is 10.2 Å². The van der Waals surface area contributed by atoms with Crippen LogP contribution >= 0.6 is 0 Å². The molecule has 0 fully saturated rings. The third-order valence-electron chi connectivity index (χ3n) is 3.76. The fourth-order valence-electron chi connectivity index (χ4n) is 2.34. The van der Waals surface area contributed by atoms with Gasteiger partial charge in [0.2, 0.25) is 5.91 Å². The first-order valence-electron chi connectivity index (χ1n) is 8.35. The van der Waals surface area contributed by atoms with E-state index >= 15 is 0 Å². The Balaban J connectivity index is 2.81. The molecule has 0 aliphatic heterocycles. The van der Waals surface area contributed by atoms with Crippen molar-refractivity contribution in [1.82, 2.24) is 5.32 Å². The van der Waals surface area contributed by atoms with Crippen molar-refractivity contribution in [2.45, 2.75) is 32.1 Å². The van der Waals surface area contributed by atoms with E-state index in [1.54, 1.807) is 32.1 Å². The molecule has 26 heavy (non-hydrogen) atoms. The summed E-state index contributed by atoms with van der Waals surface area (Å²) in [5.74, 6) is -1.67. The van der Waals surface area contributed by atoms with Gasteiger partial charge in [0, 0.05) is 0 Å². The van der Waals surface area contributed by atoms with Gasteiger partial charge >= 0.3 is 13.5 Å². The normalized spacial score (nSPS) is 12.6. The Morgan fingerprint density at radius 1 is 1.35 bits per heavy atom. The second-order valence-corrected chi connectivity index (χ2v) is 6.16. The van der Waals surface area contributed by atoms with Gasteiger partial charge in [-0.2, -0.15) is 0 Å². The molecule has 0 radical (unpaired) electrons. The van der Waals surface area contributed by atoms with Crippen LogP contribution in [0.5, 0.6) is 5.75 Å². The molecule has 3 N–H and O–H groups in total. The number of hydrogen-bond donors (Lipinski definition) is 3. The summed E-state index contributed by atoms with van der Waals surface area (Å²) in [6.45, 7) is 7.44. The van der Waals surface area contributed by atoms with Crippen molar-refractivity contribution < 1.29 is 24.1 Å². The van der Waals surface area contributed by atoms with E-state index in [9.17, 15) is 14.7 Å². The number of benzene rings is 1. The van der Waals surface area contributed by atoms with Crippen molar-refractivity contribution in [2.24, 2.45) is 5.92 Å². The largest absolute Gasteiger partial charge is 0.556 e. The zero-order valence-corrected chi connectivity index (χ0v) is 15.1. The third kappa shape index (κ3) is 7.00. The molecule has 0 unspecified atom stereocenters. The highest BCUT2D eigenvalue weighted by atomic mass is 16.5. The number of hydrogen-bond acceptors (Lipinski definition) is 5. The Bertz CT molecular complexity index is 619. The molecule has 2 atom stereocenters. The van der Waals surface area contributed by atoms with E-state index in [1.165, 1.54) is 0 Å². The Labute approximate surface area is 154 Å². The summed E-state index contributed by atoms with van der Waals surface area (Å²) in [6, 6.07) is 6.28. The number of carbonyl (C=O) groups excluding carboxylic acids is 1. The number of aliphatic carboxylic acids is 1. The molecule has 1 rings (SSSR count). The molecule has 1 amide bonds. The number of carboxylic acid groups (broad SMARTS) is 1. The van der Waals surface area contributed by atoms with Crippen LogP contribution in [0.25, 0.3) is 0 Å². The Morgan fingerprint density at radius 3 is 2.50 bits per heavy atom. The van der Waals surface area contributed by atoms with Crippen LogP contribution in [-0.4, -0.2) is 43.5 Å². The predicted octanol–water partition coefficient (Wildman–Crippen LogP) is 1.78. The van der Waals surface area contributed by atoms with Crippen molar-refractivity contribution >= 4 is 25.8 Å². The van der Waals surface area contributed by atoms with Crippen molar-refractivity contribution in [3.8, 4) is 5.75 Å². The smallest absolute Gasteiger partial charge is 0.354 e. The number of carboxylic acids is 1. The highest BCUT2D eigenvalue weighted by molar-refractivity contribution is 6.39. The number of ether oxygens (including phenoxy) is 1. The van der Waals surface area contributed by atoms with Gasteiger partial charge in [0.15, 0.2) is 0 Å². The predicted molar refractivity (Wildman–Crippen MR) is 101 cm³/mol. The zero-order chi connectivity index (χ0) is 19.5. The van der Waals surface area contributed by atoms with Crippen LogP contribution in [0.1, 0.15) is 19.4 Å². The molecule has 0 heterocycles. The van der Waals surface area contributed by atoms with Gasteiger partial charge in [0.25, 0.3) is 0 Å². The Kier molecular flexibility index (Phi) is 8.98. The lowest BCUT2D eigenvalue weighted by Gasteiger charge is -2.21. The number of carbonyl (C=O) groups is 2. The van der Waals surface area contributed by atoms with Crippen LogP contribution in [0.2, 0.25) is 5.82 Å². The second kappa shape index (κ2) is 11.0. The van der Waals surface area contributed by atoms with Crippen LogP contribution < -0.4 is 10.1 Å². The minimum Gasteiger partial charge on any atom is -0.556 e. The van der Waals surface area contributed by atoms with Gasteiger partial charge in [0.05, 0.1) is 5.82 Å². The van der Waals surface area contributed by atoms with Crippen LogP contribution in [-0.2, 0) is 20.7 Å². The molecule has 8 heteroatoms. The molecule has 0 spiro atoms. The monoisotopic (exact) mass is 360 g/mol. The summed E-state index contributed by atoms with van der Waals surface area (Å²) in [4.78, 5) is 23.8. The molecule has 0 aliphatic rings. The lowest BCUT2D eigenvalue weighted by molar-refractivity contribution is -0.143. The number of nitrogens with one attached hydrogen (secondary N) is 2. The first-order valence-corrected chi connectivity index (χ1v) is 8.35. The molecule has 140 valence electrons. The molecule has 0 aliphatic carbocycles. The molecule has 0 aromatic heterocycles. The number of amides is 1. The summed E-state index contributed by atoms with van der Waals surface area (Å²) in [6.07, 6.45) is 2.77. The van der Waals surface area contributed by atoms with Gasteiger partial charge in [-0.25, -0.2) is 4.79 Å². The molecular formula is C18H25BN2O5. The van der Waals surface area contributed by atoms with Gasteiger partial charge in [-0.05, 0) is 30.0 Å². The molecule has 0 saturated carbocycles. The van der Waals surface area contributed by atoms with Gasteiger partial charge in [-0.15, -0.1) is 0 Å². The lowest BCUT2D eigenvalue weighted by atomic mass is 9.75. The average Bonchev–Trinajstić information content (AvgIpc) is 2.61. The standard InChI is InChI=1S/C18H25BN2O5/c1-4-9-25-14-7-5-13(6-8-14)10-15(19-26-11-20)17(22)21-16(12(2)3)18(23)24/h4-8,11-12,15-16,19-20H,1,9-10H2,2-3H3,(H,21,22)(H,23,24)/t15-,16-/m0/s1. The molecule has 1 aromatic carbocycles. The van der Waals surface area contributed by atoms with E-state index in [0.29, 0.717) is 18.8 Å². The molecular weight excluding hydrogens is 335 g/mol. The topological polar surface area (TPSA) is 109 Å². The average molecular weight is 360 g/mol. The first-order chi connectivity index (χ1) is 12.4. The zero-order valence-electron chi connectivity index (χ0n) is 15.1. The fourth-order valence-corrected chi connectivity index (χ4v) is 2.34. The van der Waals surface area contributed by atoms with E-state index < -0.39 is 23.7 Å². The summed E-state index contributed by atoms with van der Waals surface area (Å²) in [5, 5.41) is 18.8. The molecule has 1 aromatic rings.